The third-order valence-electron chi connectivity index (χ3n) is 19.7. The van der Waals surface area contributed by atoms with Crippen molar-refractivity contribution in [3.63, 3.8) is 0 Å². The van der Waals surface area contributed by atoms with Crippen molar-refractivity contribution in [3.8, 4) is 67.7 Å². The lowest BCUT2D eigenvalue weighted by Crippen LogP contribution is -2.03. The summed E-state index contributed by atoms with van der Waals surface area (Å²) in [4.78, 5) is 20.2. The van der Waals surface area contributed by atoms with Gasteiger partial charge >= 0.3 is 0 Å². The second-order valence-corrected chi connectivity index (χ2v) is 27.3. The minimum atomic E-state index is 0.670. The molecule has 21 rings (SSSR count). The number of hydrogen-bond acceptors (Lipinski definition) is 6. The summed E-state index contributed by atoms with van der Waals surface area (Å²) in [6, 6.07) is 115. The first-order valence-corrected chi connectivity index (χ1v) is 34.7. The Morgan fingerprint density at radius 3 is 1.24 bits per heavy atom. The highest BCUT2D eigenvalue weighted by molar-refractivity contribution is 7.26. The molecule has 0 aliphatic heterocycles. The average molecular weight is 1280 g/mol. The van der Waals surface area contributed by atoms with E-state index in [9.17, 15) is 0 Å². The third kappa shape index (κ3) is 9.07. The van der Waals surface area contributed by atoms with E-state index in [0.29, 0.717) is 11.9 Å². The molecule has 0 spiro atoms. The topological polar surface area (TPSA) is 61.4 Å². The lowest BCUT2D eigenvalue weighted by Gasteiger charge is -2.12. The molecule has 0 radical (unpaired) electrons. The molecule has 6 heterocycles. The van der Waals surface area contributed by atoms with Gasteiger partial charge in [-0.1, -0.05) is 261 Å². The Morgan fingerprint density at radius 1 is 0.245 bits per heavy atom. The number of para-hydroxylation sites is 4. The van der Waals surface area contributed by atoms with E-state index < -0.39 is 0 Å². The normalized spacial score (nSPS) is 11.9. The Balaban J connectivity index is 0.000000134. The fourth-order valence-electron chi connectivity index (χ4n) is 15.0. The number of thiophene rings is 2. The molecule has 456 valence electrons. The molecule has 0 aliphatic carbocycles. The molecular weight excluding hydrogens is 1230 g/mol. The van der Waals surface area contributed by atoms with E-state index in [1.165, 1.54) is 128 Å². The Kier molecular flexibility index (Phi) is 12.9. The van der Waals surface area contributed by atoms with Crippen LogP contribution in [0, 0.1) is 0 Å². The Labute approximate surface area is 570 Å². The summed E-state index contributed by atoms with van der Waals surface area (Å²) in [6.07, 6.45) is 1.92. The largest absolute Gasteiger partial charge is 0.278 e. The van der Waals surface area contributed by atoms with Gasteiger partial charge in [0.25, 0.3) is 0 Å². The zero-order valence-electron chi connectivity index (χ0n) is 52.7. The Morgan fingerprint density at radius 2 is 0.673 bits per heavy atom. The van der Waals surface area contributed by atoms with Gasteiger partial charge in [-0.2, -0.15) is 0 Å². The molecule has 0 aliphatic rings. The number of rotatable bonds is 7. The minimum absolute atomic E-state index is 0.670. The molecule has 6 nitrogen and oxygen atoms in total. The van der Waals surface area contributed by atoms with E-state index in [1.807, 2.05) is 59.2 Å². The molecule has 0 bridgehead atoms. The molecule has 0 atom stereocenters. The van der Waals surface area contributed by atoms with E-state index >= 15 is 0 Å². The quantitative estimate of drug-likeness (QED) is 0.160. The first kappa shape index (κ1) is 55.9. The molecule has 0 saturated heterocycles. The van der Waals surface area contributed by atoms with Gasteiger partial charge in [-0.3, -0.25) is 9.13 Å². The SMILES string of the molecule is c1ccc(-c2nc(-n3c4ccccc4c4c5cc(-c6ccc(-c7cccc8c7sc7ccccc78)cc6)ccc5ccc43)nc3ccccc23)cc1.c1ccc2nc(-n3c4ccccc4c4c5cc(-c6ccc(-c7cccc8c7sc7ccccc78)cc6)ccc5ccc43)ncc2c1. The molecule has 0 saturated carbocycles. The van der Waals surface area contributed by atoms with Gasteiger partial charge in [0.2, 0.25) is 11.9 Å². The number of nitrogens with zero attached hydrogens (tertiary/aromatic N) is 6. The smallest absolute Gasteiger partial charge is 0.235 e. The average Bonchev–Trinajstić information content (AvgIpc) is 1.59. The highest BCUT2D eigenvalue weighted by Gasteiger charge is 2.22. The highest BCUT2D eigenvalue weighted by Crippen LogP contribution is 2.45. The Hall–Kier alpha value is -12.5. The lowest BCUT2D eigenvalue weighted by atomic mass is 9.96. The van der Waals surface area contributed by atoms with Gasteiger partial charge in [0.1, 0.15) is 0 Å². The van der Waals surface area contributed by atoms with Crippen LogP contribution in [0.1, 0.15) is 0 Å². The molecular formula is C90H54N6S2. The van der Waals surface area contributed by atoms with Crippen LogP contribution in [0.5, 0.6) is 0 Å². The van der Waals surface area contributed by atoms with E-state index in [2.05, 4.69) is 300 Å². The predicted molar refractivity (Wildman–Crippen MR) is 416 cm³/mol. The summed E-state index contributed by atoms with van der Waals surface area (Å²) in [7, 11) is 0. The van der Waals surface area contributed by atoms with E-state index in [-0.39, 0.29) is 0 Å². The molecule has 21 aromatic rings. The molecule has 0 unspecified atom stereocenters. The van der Waals surface area contributed by atoms with Gasteiger partial charge in [0.15, 0.2) is 0 Å². The van der Waals surface area contributed by atoms with Crippen molar-refractivity contribution in [2.45, 2.75) is 0 Å². The van der Waals surface area contributed by atoms with Crippen LogP contribution in [0.15, 0.2) is 328 Å². The standard InChI is InChI=1S/C48H29N3S.C42H25N3S/c1-2-11-33(12-3-1)46-38-14-4-7-18-41(38)49-48(50-46)51-42-19-8-5-15-39(42)45-40-29-34(26-25-32(40)27-28-43(45)51)30-21-23-31(24-22-30)35-16-10-17-37-36-13-6-9-20-44(36)52-47(35)37;1-4-13-36-30(8-1)25-43-42(44-36)45-37-14-5-2-10-34(37)40-35-24-29(21-20-28(35)22-23-38(40)45)26-16-18-27(19-17-26)31-11-7-12-33-32-9-3-6-15-39(32)46-41(31)33/h1-29H;1-25H. The molecule has 6 aromatic heterocycles. The predicted octanol–water partition coefficient (Wildman–Crippen LogP) is 24.8. The monoisotopic (exact) mass is 1280 g/mol. The van der Waals surface area contributed by atoms with Crippen molar-refractivity contribution in [3.05, 3.63) is 328 Å². The van der Waals surface area contributed by atoms with Crippen LogP contribution in [-0.4, -0.2) is 29.1 Å². The number of benzene rings is 15. The van der Waals surface area contributed by atoms with Gasteiger partial charge in [-0.25, -0.2) is 19.9 Å². The summed E-state index contributed by atoms with van der Waals surface area (Å²) in [5.41, 5.74) is 18.1. The van der Waals surface area contributed by atoms with Crippen molar-refractivity contribution < 1.29 is 0 Å². The van der Waals surface area contributed by atoms with Crippen LogP contribution >= 0.6 is 22.7 Å². The maximum absolute atomic E-state index is 5.28. The fraction of sp³-hybridized carbons (Fsp3) is 0. The number of hydrogen-bond donors (Lipinski definition) is 0. The zero-order valence-corrected chi connectivity index (χ0v) is 54.3. The minimum Gasteiger partial charge on any atom is -0.278 e. The zero-order chi connectivity index (χ0) is 64.4. The van der Waals surface area contributed by atoms with E-state index in [1.54, 1.807) is 0 Å². The van der Waals surface area contributed by atoms with Crippen LogP contribution in [0.25, 0.3) is 195 Å². The van der Waals surface area contributed by atoms with Crippen LogP contribution in [0.2, 0.25) is 0 Å². The first-order valence-electron chi connectivity index (χ1n) is 33.1. The van der Waals surface area contributed by atoms with Gasteiger partial charge in [-0.15, -0.1) is 22.7 Å². The molecule has 0 fully saturated rings. The van der Waals surface area contributed by atoms with Gasteiger partial charge in [-0.05, 0) is 127 Å². The summed E-state index contributed by atoms with van der Waals surface area (Å²) in [6.45, 7) is 0. The van der Waals surface area contributed by atoms with Crippen molar-refractivity contribution in [2.75, 3.05) is 0 Å². The molecule has 98 heavy (non-hydrogen) atoms. The van der Waals surface area contributed by atoms with Crippen LogP contribution in [0.4, 0.5) is 0 Å². The third-order valence-corrected chi connectivity index (χ3v) is 22.1. The lowest BCUT2D eigenvalue weighted by molar-refractivity contribution is 1.01. The van der Waals surface area contributed by atoms with Crippen molar-refractivity contribution in [1.82, 2.24) is 29.1 Å². The summed E-state index contributed by atoms with van der Waals surface area (Å²) < 4.78 is 9.78. The van der Waals surface area contributed by atoms with E-state index in [4.69, 9.17) is 19.9 Å². The summed E-state index contributed by atoms with van der Waals surface area (Å²) in [5.74, 6) is 1.35. The maximum atomic E-state index is 5.28. The number of fused-ring (bicyclic) bond motifs is 18. The van der Waals surface area contributed by atoms with Crippen molar-refractivity contribution >= 4 is 150 Å². The van der Waals surface area contributed by atoms with Gasteiger partial charge < -0.3 is 0 Å². The molecule has 0 N–H and O–H groups in total. The Bertz CT molecular complexity index is 6800. The fourth-order valence-corrected chi connectivity index (χ4v) is 17.5. The summed E-state index contributed by atoms with van der Waals surface area (Å²) >= 11 is 3.75. The van der Waals surface area contributed by atoms with Gasteiger partial charge in [0, 0.05) is 84.4 Å². The maximum Gasteiger partial charge on any atom is 0.235 e. The summed E-state index contributed by atoms with van der Waals surface area (Å²) in [5, 5.41) is 17.1. The number of aromatic nitrogens is 6. The second-order valence-electron chi connectivity index (χ2n) is 25.2. The van der Waals surface area contributed by atoms with Crippen LogP contribution < -0.4 is 0 Å². The van der Waals surface area contributed by atoms with Crippen LogP contribution in [0.3, 0.4) is 0 Å². The van der Waals surface area contributed by atoms with E-state index in [0.717, 1.165) is 55.1 Å². The van der Waals surface area contributed by atoms with Gasteiger partial charge in [0.05, 0.1) is 38.8 Å². The molecule has 15 aromatic carbocycles. The van der Waals surface area contributed by atoms with Crippen molar-refractivity contribution in [2.24, 2.45) is 0 Å². The molecule has 8 heteroatoms. The van der Waals surface area contributed by atoms with Crippen molar-refractivity contribution in [1.29, 1.82) is 0 Å². The van der Waals surface area contributed by atoms with Crippen LogP contribution in [-0.2, 0) is 0 Å². The molecule has 0 amide bonds. The first-order chi connectivity index (χ1) is 48.6. The highest BCUT2D eigenvalue weighted by atomic mass is 32.1. The second kappa shape index (κ2) is 22.6.